The van der Waals surface area contributed by atoms with Crippen LogP contribution in [0.1, 0.15) is 5.56 Å². The van der Waals surface area contributed by atoms with Gasteiger partial charge in [0.15, 0.2) is 11.5 Å². The first-order chi connectivity index (χ1) is 18.7. The fraction of sp³-hybridized carbons (Fsp3) is 0.0714. The number of primary amides is 1. The van der Waals surface area contributed by atoms with E-state index in [1.54, 1.807) is 30.5 Å². The minimum absolute atomic E-state index is 0.00729. The van der Waals surface area contributed by atoms with Crippen LogP contribution >= 0.6 is 11.3 Å². The van der Waals surface area contributed by atoms with Crippen molar-refractivity contribution in [2.45, 2.75) is 6.18 Å². The largest absolute Gasteiger partial charge is 0.454 e. The van der Waals surface area contributed by atoms with Crippen molar-refractivity contribution in [2.75, 3.05) is 17.4 Å². The molecule has 3 heterocycles. The van der Waals surface area contributed by atoms with Gasteiger partial charge >= 0.3 is 12.2 Å². The van der Waals surface area contributed by atoms with Gasteiger partial charge in [0.25, 0.3) is 0 Å². The second kappa shape index (κ2) is 9.21. The van der Waals surface area contributed by atoms with Crippen LogP contribution in [0.5, 0.6) is 11.5 Å². The average Bonchev–Trinajstić information content (AvgIpc) is 3.57. The molecular weight excluding hydrogens is 529 g/mol. The van der Waals surface area contributed by atoms with E-state index in [1.165, 1.54) is 23.5 Å². The zero-order valence-corrected chi connectivity index (χ0v) is 20.8. The van der Waals surface area contributed by atoms with Crippen LogP contribution in [-0.2, 0) is 6.18 Å². The molecule has 0 aliphatic carbocycles. The molecule has 3 aromatic carbocycles. The van der Waals surface area contributed by atoms with Crippen LogP contribution in [0.3, 0.4) is 0 Å². The summed E-state index contributed by atoms with van der Waals surface area (Å²) in [5, 5.41) is 2.74. The number of fused-ring (bicyclic) bond motifs is 2. The van der Waals surface area contributed by atoms with Crippen LogP contribution in [0.2, 0.25) is 0 Å². The molecule has 0 fully saturated rings. The van der Waals surface area contributed by atoms with Crippen molar-refractivity contribution in [3.05, 3.63) is 83.9 Å². The molecule has 6 rings (SSSR count). The van der Waals surface area contributed by atoms with Gasteiger partial charge in [0.2, 0.25) is 6.79 Å². The van der Waals surface area contributed by atoms with E-state index >= 15 is 0 Å². The number of thiophene rings is 1. The number of carbonyl (C=O) groups excluding carboxylic acids is 1. The number of rotatable bonds is 4. The Morgan fingerprint density at radius 2 is 1.67 bits per heavy atom. The maximum atomic E-state index is 13.2. The van der Waals surface area contributed by atoms with Crippen LogP contribution in [0.4, 0.5) is 35.2 Å². The Bertz CT molecular complexity index is 1740. The van der Waals surface area contributed by atoms with Crippen molar-refractivity contribution >= 4 is 44.6 Å². The lowest BCUT2D eigenvalue weighted by molar-refractivity contribution is -0.137. The van der Waals surface area contributed by atoms with Gasteiger partial charge in [0.05, 0.1) is 16.9 Å². The Labute approximate surface area is 224 Å². The summed E-state index contributed by atoms with van der Waals surface area (Å²) in [6.07, 6.45) is -2.84. The number of nitrogen functional groups attached to an aromatic ring is 1. The SMILES string of the molecule is NC(=O)N(c1ccc(-c2csc3c(-c4ccc5c(c4)OCO5)cnc(N)c23)cc1)c1cccc(C(F)(F)F)c1. The number of alkyl halides is 3. The van der Waals surface area contributed by atoms with Gasteiger partial charge in [-0.1, -0.05) is 24.3 Å². The molecule has 0 saturated carbocycles. The Balaban J connectivity index is 1.38. The van der Waals surface area contributed by atoms with E-state index in [0.717, 1.165) is 49.4 Å². The number of hydrogen-bond donors (Lipinski definition) is 2. The van der Waals surface area contributed by atoms with E-state index in [2.05, 4.69) is 4.98 Å². The standard InChI is InChI=1S/C28H19F3N4O3S/c29-28(30,31)17-2-1-3-19(11-17)35(27(33)36)18-7-4-15(5-8-18)21-13-39-25-20(12-34-26(32)24(21)25)16-6-9-22-23(10-16)38-14-37-22/h1-13H,14H2,(H2,32,34)(H2,33,36). The molecule has 1 aliphatic rings. The number of pyridine rings is 1. The Morgan fingerprint density at radius 1 is 0.923 bits per heavy atom. The third-order valence-electron chi connectivity index (χ3n) is 6.40. The molecule has 0 atom stereocenters. The lowest BCUT2D eigenvalue weighted by atomic mass is 10.0. The van der Waals surface area contributed by atoms with E-state index in [-0.39, 0.29) is 12.5 Å². The molecule has 4 N–H and O–H groups in total. The van der Waals surface area contributed by atoms with Crippen molar-refractivity contribution in [3.63, 3.8) is 0 Å². The van der Waals surface area contributed by atoms with Gasteiger partial charge in [-0.15, -0.1) is 11.3 Å². The first kappa shape index (κ1) is 24.6. The van der Waals surface area contributed by atoms with Gasteiger partial charge in [-0.2, -0.15) is 13.2 Å². The molecule has 196 valence electrons. The first-order valence-electron chi connectivity index (χ1n) is 11.6. The summed E-state index contributed by atoms with van der Waals surface area (Å²) in [5.41, 5.74) is 14.7. The van der Waals surface area contributed by atoms with Gasteiger partial charge in [0.1, 0.15) is 5.82 Å². The van der Waals surface area contributed by atoms with Gasteiger partial charge < -0.3 is 20.9 Å². The average molecular weight is 549 g/mol. The van der Waals surface area contributed by atoms with Crippen LogP contribution in [0.15, 0.2) is 78.3 Å². The molecule has 0 spiro atoms. The highest BCUT2D eigenvalue weighted by Gasteiger charge is 2.31. The summed E-state index contributed by atoms with van der Waals surface area (Å²) < 4.78 is 51.6. The molecule has 39 heavy (non-hydrogen) atoms. The van der Waals surface area contributed by atoms with Crippen molar-refractivity contribution in [1.82, 2.24) is 4.98 Å². The number of halogens is 3. The number of carbonyl (C=O) groups is 1. The predicted octanol–water partition coefficient (Wildman–Crippen LogP) is 7.18. The monoisotopic (exact) mass is 548 g/mol. The van der Waals surface area contributed by atoms with Gasteiger partial charge in [0, 0.05) is 27.4 Å². The summed E-state index contributed by atoms with van der Waals surface area (Å²) in [6, 6.07) is 16.0. The van der Waals surface area contributed by atoms with E-state index in [0.29, 0.717) is 23.0 Å². The lowest BCUT2D eigenvalue weighted by Gasteiger charge is -2.22. The molecule has 7 nitrogen and oxygen atoms in total. The topological polar surface area (TPSA) is 104 Å². The van der Waals surface area contributed by atoms with Crippen LogP contribution in [-0.4, -0.2) is 17.8 Å². The van der Waals surface area contributed by atoms with Gasteiger partial charge in [-0.3, -0.25) is 4.90 Å². The van der Waals surface area contributed by atoms with Crippen LogP contribution in [0.25, 0.3) is 32.3 Å². The zero-order valence-electron chi connectivity index (χ0n) is 20.0. The van der Waals surface area contributed by atoms with Crippen molar-refractivity contribution in [1.29, 1.82) is 0 Å². The zero-order chi connectivity index (χ0) is 27.3. The molecule has 5 aromatic rings. The van der Waals surface area contributed by atoms with Crippen LogP contribution < -0.4 is 25.8 Å². The van der Waals surface area contributed by atoms with E-state index < -0.39 is 17.8 Å². The molecule has 11 heteroatoms. The quantitative estimate of drug-likeness (QED) is 0.248. The minimum atomic E-state index is -4.56. The summed E-state index contributed by atoms with van der Waals surface area (Å²) in [4.78, 5) is 17.7. The normalized spacial score (nSPS) is 12.6. The third-order valence-corrected chi connectivity index (χ3v) is 7.41. The Kier molecular flexibility index (Phi) is 5.80. The summed E-state index contributed by atoms with van der Waals surface area (Å²) in [6.45, 7) is 0.175. The fourth-order valence-electron chi connectivity index (χ4n) is 4.56. The number of nitrogens with zero attached hydrogens (tertiary/aromatic N) is 2. The molecule has 0 saturated heterocycles. The first-order valence-corrected chi connectivity index (χ1v) is 12.5. The maximum absolute atomic E-state index is 13.2. The van der Waals surface area contributed by atoms with E-state index in [1.807, 2.05) is 23.6 Å². The van der Waals surface area contributed by atoms with Crippen LogP contribution in [0, 0.1) is 0 Å². The molecule has 1 aliphatic heterocycles. The number of anilines is 3. The second-order valence-electron chi connectivity index (χ2n) is 8.75. The van der Waals surface area contributed by atoms with Crippen molar-refractivity contribution < 1.29 is 27.4 Å². The number of hydrogen-bond acceptors (Lipinski definition) is 6. The number of urea groups is 1. The molecule has 0 bridgehead atoms. The van der Waals surface area contributed by atoms with Gasteiger partial charge in [-0.25, -0.2) is 9.78 Å². The lowest BCUT2D eigenvalue weighted by Crippen LogP contribution is -2.31. The van der Waals surface area contributed by atoms with E-state index in [4.69, 9.17) is 20.9 Å². The molecule has 0 radical (unpaired) electrons. The summed E-state index contributed by atoms with van der Waals surface area (Å²) >= 11 is 1.51. The number of aromatic nitrogens is 1. The predicted molar refractivity (Wildman–Crippen MR) is 144 cm³/mol. The minimum Gasteiger partial charge on any atom is -0.454 e. The molecule has 2 aromatic heterocycles. The molecular formula is C28H19F3N4O3S. The fourth-order valence-corrected chi connectivity index (χ4v) is 5.68. The Morgan fingerprint density at radius 3 is 2.41 bits per heavy atom. The number of benzene rings is 3. The maximum Gasteiger partial charge on any atom is 0.416 e. The smallest absolute Gasteiger partial charge is 0.416 e. The third kappa shape index (κ3) is 4.36. The molecule has 0 unspecified atom stereocenters. The second-order valence-corrected chi connectivity index (χ2v) is 9.63. The van der Waals surface area contributed by atoms with Crippen molar-refractivity contribution in [3.8, 4) is 33.8 Å². The summed E-state index contributed by atoms with van der Waals surface area (Å²) in [7, 11) is 0. The summed E-state index contributed by atoms with van der Waals surface area (Å²) in [5.74, 6) is 1.70. The number of nitrogens with two attached hydrogens (primary N) is 2. The van der Waals surface area contributed by atoms with Crippen molar-refractivity contribution in [2.24, 2.45) is 5.73 Å². The highest BCUT2D eigenvalue weighted by Crippen LogP contribution is 2.44. The number of amides is 2. The Hall–Kier alpha value is -4.77. The highest BCUT2D eigenvalue weighted by atomic mass is 32.1. The highest BCUT2D eigenvalue weighted by molar-refractivity contribution is 7.18. The molecule has 2 amide bonds. The number of ether oxygens (including phenoxy) is 2. The van der Waals surface area contributed by atoms with Gasteiger partial charge in [-0.05, 0) is 59.0 Å². The van der Waals surface area contributed by atoms with E-state index in [9.17, 15) is 18.0 Å².